The number of thioether (sulfide) groups is 1. The van der Waals surface area contributed by atoms with Gasteiger partial charge in [0.1, 0.15) is 0 Å². The summed E-state index contributed by atoms with van der Waals surface area (Å²) >= 11 is 1.61. The summed E-state index contributed by atoms with van der Waals surface area (Å²) < 4.78 is 4.92. The van der Waals surface area contributed by atoms with Crippen molar-refractivity contribution >= 4 is 29.3 Å². The number of piperidine rings is 1. The molecule has 0 spiro atoms. The van der Waals surface area contributed by atoms with E-state index in [4.69, 9.17) is 4.74 Å². The molecule has 6 nitrogen and oxygen atoms in total. The lowest BCUT2D eigenvalue weighted by Crippen LogP contribution is -3.17. The van der Waals surface area contributed by atoms with E-state index in [2.05, 4.69) is 10.6 Å². The Kier molecular flexibility index (Phi) is 5.76. The van der Waals surface area contributed by atoms with Crippen molar-refractivity contribution in [2.24, 2.45) is 0 Å². The van der Waals surface area contributed by atoms with Gasteiger partial charge in [0.05, 0.1) is 25.4 Å². The molecule has 2 heterocycles. The van der Waals surface area contributed by atoms with Gasteiger partial charge in [-0.05, 0) is 37.5 Å². The minimum absolute atomic E-state index is 0.0429. The lowest BCUT2D eigenvalue weighted by molar-refractivity contribution is -0.906. The maximum absolute atomic E-state index is 12.5. The third kappa shape index (κ3) is 3.91. The molecule has 1 aromatic rings. The number of amides is 2. The van der Waals surface area contributed by atoms with E-state index in [0.29, 0.717) is 18.7 Å². The molecule has 7 heteroatoms. The van der Waals surface area contributed by atoms with Crippen molar-refractivity contribution < 1.29 is 19.2 Å². The second-order valence-corrected chi connectivity index (χ2v) is 7.31. The molecule has 1 atom stereocenters. The summed E-state index contributed by atoms with van der Waals surface area (Å²) in [6.07, 6.45) is 3.64. The Hall–Kier alpha value is -1.57. The average molecular weight is 350 g/mol. The van der Waals surface area contributed by atoms with Crippen LogP contribution in [0.2, 0.25) is 0 Å². The predicted octanol–water partition coefficient (Wildman–Crippen LogP) is 0.502. The third-order valence-electron chi connectivity index (χ3n) is 4.44. The van der Waals surface area contributed by atoms with E-state index >= 15 is 0 Å². The first-order valence-electron chi connectivity index (χ1n) is 8.42. The first kappa shape index (κ1) is 17.3. The largest absolute Gasteiger partial charge is 0.383 e. The molecule has 0 saturated carbocycles. The fourth-order valence-corrected chi connectivity index (χ4v) is 4.36. The lowest BCUT2D eigenvalue weighted by atomic mass is 10.1. The SMILES string of the molecule is COCCNC(=O)c1ccc2c(c1)NC(=O)C([NH+]1CCCCC1)S2. The first-order valence-corrected chi connectivity index (χ1v) is 9.30. The van der Waals surface area contributed by atoms with Crippen LogP contribution < -0.4 is 15.5 Å². The van der Waals surface area contributed by atoms with Crippen LogP contribution in [-0.2, 0) is 9.53 Å². The zero-order chi connectivity index (χ0) is 16.9. The Morgan fingerprint density at radius 3 is 2.92 bits per heavy atom. The van der Waals surface area contributed by atoms with Crippen molar-refractivity contribution in [2.45, 2.75) is 29.5 Å². The number of hydrogen-bond donors (Lipinski definition) is 3. The summed E-state index contributed by atoms with van der Waals surface area (Å²) in [4.78, 5) is 27.0. The van der Waals surface area contributed by atoms with Crippen molar-refractivity contribution in [1.29, 1.82) is 0 Å². The Morgan fingerprint density at radius 1 is 1.38 bits per heavy atom. The summed E-state index contributed by atoms with van der Waals surface area (Å²) in [5.74, 6) is -0.112. The number of ether oxygens (including phenoxy) is 1. The molecular weight excluding hydrogens is 326 g/mol. The summed E-state index contributed by atoms with van der Waals surface area (Å²) in [5, 5.41) is 5.69. The molecule has 2 aliphatic heterocycles. The van der Waals surface area contributed by atoms with Gasteiger partial charge in [-0.15, -0.1) is 0 Å². The highest BCUT2D eigenvalue weighted by Crippen LogP contribution is 2.34. The van der Waals surface area contributed by atoms with Crippen LogP contribution in [0.5, 0.6) is 0 Å². The number of nitrogens with one attached hydrogen (secondary N) is 3. The molecule has 0 aromatic heterocycles. The predicted molar refractivity (Wildman–Crippen MR) is 93.5 cm³/mol. The van der Waals surface area contributed by atoms with Crippen molar-refractivity contribution in [3.8, 4) is 0 Å². The second-order valence-electron chi connectivity index (χ2n) is 6.17. The molecule has 1 aromatic carbocycles. The number of fused-ring (bicyclic) bond motifs is 1. The van der Waals surface area contributed by atoms with Crippen molar-refractivity contribution in [3.63, 3.8) is 0 Å². The van der Waals surface area contributed by atoms with Crippen LogP contribution in [0.3, 0.4) is 0 Å². The van der Waals surface area contributed by atoms with E-state index < -0.39 is 0 Å². The summed E-state index contributed by atoms with van der Waals surface area (Å²) in [7, 11) is 1.60. The molecule has 2 aliphatic rings. The van der Waals surface area contributed by atoms with Gasteiger partial charge in [0.2, 0.25) is 5.37 Å². The Labute approximate surface area is 146 Å². The van der Waals surface area contributed by atoms with Crippen LogP contribution in [0.25, 0.3) is 0 Å². The normalized spacial score (nSPS) is 21.0. The molecule has 3 rings (SSSR count). The van der Waals surface area contributed by atoms with Crippen molar-refractivity contribution in [2.75, 3.05) is 38.7 Å². The summed E-state index contributed by atoms with van der Waals surface area (Å²) in [5.41, 5.74) is 1.28. The molecule has 0 radical (unpaired) electrons. The highest BCUT2D eigenvalue weighted by atomic mass is 32.2. The summed E-state index contributed by atoms with van der Waals surface area (Å²) in [6, 6.07) is 5.50. The fourth-order valence-electron chi connectivity index (χ4n) is 3.16. The van der Waals surface area contributed by atoms with Crippen LogP contribution in [0.1, 0.15) is 29.6 Å². The van der Waals surface area contributed by atoms with Gasteiger partial charge in [-0.25, -0.2) is 0 Å². The number of quaternary nitrogens is 1. The monoisotopic (exact) mass is 350 g/mol. The minimum atomic E-state index is -0.155. The molecule has 2 amide bonds. The smallest absolute Gasteiger partial charge is 0.294 e. The first-order chi connectivity index (χ1) is 11.7. The molecule has 1 unspecified atom stereocenters. The maximum Gasteiger partial charge on any atom is 0.294 e. The minimum Gasteiger partial charge on any atom is -0.383 e. The van der Waals surface area contributed by atoms with Gasteiger partial charge < -0.3 is 20.3 Å². The van der Waals surface area contributed by atoms with Gasteiger partial charge >= 0.3 is 0 Å². The van der Waals surface area contributed by atoms with Gasteiger partial charge in [-0.2, -0.15) is 0 Å². The maximum atomic E-state index is 12.5. The van der Waals surface area contributed by atoms with E-state index in [1.54, 1.807) is 24.9 Å². The molecular formula is C17H24N3O3S+. The van der Waals surface area contributed by atoms with Gasteiger partial charge in [-0.1, -0.05) is 11.8 Å². The van der Waals surface area contributed by atoms with Crippen LogP contribution in [0.15, 0.2) is 23.1 Å². The molecule has 24 heavy (non-hydrogen) atoms. The van der Waals surface area contributed by atoms with Gasteiger partial charge in [0.25, 0.3) is 11.8 Å². The number of hydrogen-bond acceptors (Lipinski definition) is 4. The van der Waals surface area contributed by atoms with E-state index in [0.717, 1.165) is 23.7 Å². The topological polar surface area (TPSA) is 71.9 Å². The second kappa shape index (κ2) is 8.00. The van der Waals surface area contributed by atoms with Gasteiger partial charge in [-0.3, -0.25) is 9.59 Å². The molecule has 0 aliphatic carbocycles. The molecule has 3 N–H and O–H groups in total. The fraction of sp³-hybridized carbons (Fsp3) is 0.529. The Bertz CT molecular complexity index is 617. The van der Waals surface area contributed by atoms with Crippen LogP contribution >= 0.6 is 11.8 Å². The Morgan fingerprint density at radius 2 is 2.17 bits per heavy atom. The third-order valence-corrected chi connectivity index (χ3v) is 5.83. The van der Waals surface area contributed by atoms with E-state index in [1.807, 2.05) is 12.1 Å². The number of benzene rings is 1. The summed E-state index contributed by atoms with van der Waals surface area (Å²) in [6.45, 7) is 3.05. The number of anilines is 1. The molecule has 0 bridgehead atoms. The van der Waals surface area contributed by atoms with E-state index in [-0.39, 0.29) is 17.2 Å². The van der Waals surface area contributed by atoms with Crippen LogP contribution in [-0.4, -0.2) is 50.5 Å². The number of likely N-dealkylation sites (tertiary alicyclic amines) is 1. The number of carbonyl (C=O) groups is 2. The molecule has 130 valence electrons. The zero-order valence-corrected chi connectivity index (χ0v) is 14.7. The zero-order valence-electron chi connectivity index (χ0n) is 13.9. The highest BCUT2D eigenvalue weighted by molar-refractivity contribution is 8.00. The van der Waals surface area contributed by atoms with Crippen LogP contribution in [0, 0.1) is 0 Å². The molecule has 1 saturated heterocycles. The Balaban J connectivity index is 1.69. The number of methoxy groups -OCH3 is 1. The quantitative estimate of drug-likeness (QED) is 0.677. The van der Waals surface area contributed by atoms with Crippen LogP contribution in [0.4, 0.5) is 5.69 Å². The van der Waals surface area contributed by atoms with Gasteiger partial charge in [0, 0.05) is 24.1 Å². The standard InChI is InChI=1S/C17H23N3O3S/c1-23-10-7-18-15(21)12-5-6-14-13(11-12)19-16(22)17(24-14)20-8-3-2-4-9-20/h5-6,11,17H,2-4,7-10H2,1H3,(H,18,21)(H,19,22)/p+1. The average Bonchev–Trinajstić information content (AvgIpc) is 2.61. The van der Waals surface area contributed by atoms with E-state index in [1.165, 1.54) is 24.2 Å². The van der Waals surface area contributed by atoms with Crippen molar-refractivity contribution in [3.05, 3.63) is 23.8 Å². The lowest BCUT2D eigenvalue weighted by Gasteiger charge is -2.33. The number of carbonyl (C=O) groups excluding carboxylic acids is 2. The van der Waals surface area contributed by atoms with Gasteiger partial charge in [0.15, 0.2) is 0 Å². The number of rotatable bonds is 5. The van der Waals surface area contributed by atoms with Crippen molar-refractivity contribution in [1.82, 2.24) is 5.32 Å². The highest BCUT2D eigenvalue weighted by Gasteiger charge is 2.36. The molecule has 1 fully saturated rings. The van der Waals surface area contributed by atoms with E-state index in [9.17, 15) is 9.59 Å².